The molecule has 0 saturated carbocycles. The van der Waals surface area contributed by atoms with Gasteiger partial charge < -0.3 is 9.84 Å². The lowest BCUT2D eigenvalue weighted by Crippen LogP contribution is -2.40. The summed E-state index contributed by atoms with van der Waals surface area (Å²) in [6.45, 7) is 1.90. The van der Waals surface area contributed by atoms with Gasteiger partial charge in [-0.05, 0) is 36.8 Å². The Morgan fingerprint density at radius 1 is 1.15 bits per heavy atom. The molecule has 33 heavy (non-hydrogen) atoms. The molecule has 0 spiro atoms. The first-order valence-electron chi connectivity index (χ1n) is 9.98. The van der Waals surface area contributed by atoms with Gasteiger partial charge in [0.1, 0.15) is 0 Å². The zero-order valence-corrected chi connectivity index (χ0v) is 18.5. The summed E-state index contributed by atoms with van der Waals surface area (Å²) >= 11 is 6.14. The van der Waals surface area contributed by atoms with Crippen LogP contribution in [0.15, 0.2) is 62.6 Å². The summed E-state index contributed by atoms with van der Waals surface area (Å²) in [7, 11) is 1.34. The van der Waals surface area contributed by atoms with Crippen LogP contribution in [-0.2, 0) is 18.3 Å². The van der Waals surface area contributed by atoms with Crippen molar-refractivity contribution in [1.82, 2.24) is 24.5 Å². The Morgan fingerprint density at radius 2 is 1.91 bits per heavy atom. The van der Waals surface area contributed by atoms with Crippen molar-refractivity contribution in [2.24, 2.45) is 7.05 Å². The van der Waals surface area contributed by atoms with Crippen LogP contribution in [0.1, 0.15) is 17.9 Å². The smallest absolute Gasteiger partial charge is 0.339 e. The standard InChI is InChI=1S/C22H19ClN6O4/c1-13-8-9-16(15(23)12-13)24-17(30)10-11-18-25-20(27-33-18)19-21(31)28(2)22(32)29(26-19)14-6-4-3-5-7-14/h3-9,12H,10-11H2,1-2H3,(H,24,30). The molecule has 0 saturated heterocycles. The highest BCUT2D eigenvalue weighted by Crippen LogP contribution is 2.23. The number of aryl methyl sites for hydroxylation is 2. The summed E-state index contributed by atoms with van der Waals surface area (Å²) in [5.41, 5.74) is 0.557. The van der Waals surface area contributed by atoms with E-state index < -0.39 is 11.2 Å². The average molecular weight is 467 g/mol. The summed E-state index contributed by atoms with van der Waals surface area (Å²) in [5.74, 6) is -0.207. The largest absolute Gasteiger partial charge is 0.351 e. The highest BCUT2D eigenvalue weighted by atomic mass is 35.5. The molecule has 11 heteroatoms. The number of anilines is 1. The maximum atomic E-state index is 12.6. The van der Waals surface area contributed by atoms with E-state index in [1.54, 1.807) is 42.5 Å². The third kappa shape index (κ3) is 4.75. The van der Waals surface area contributed by atoms with Crippen LogP contribution in [0, 0.1) is 6.92 Å². The molecule has 1 amide bonds. The minimum atomic E-state index is -0.661. The number of amides is 1. The summed E-state index contributed by atoms with van der Waals surface area (Å²) < 4.78 is 7.20. The fourth-order valence-corrected chi connectivity index (χ4v) is 3.34. The van der Waals surface area contributed by atoms with Gasteiger partial charge in [-0.3, -0.25) is 14.2 Å². The van der Waals surface area contributed by atoms with Crippen LogP contribution in [0.4, 0.5) is 5.69 Å². The predicted molar refractivity (Wildman–Crippen MR) is 122 cm³/mol. The second-order valence-electron chi connectivity index (χ2n) is 7.29. The van der Waals surface area contributed by atoms with Crippen molar-refractivity contribution < 1.29 is 9.32 Å². The van der Waals surface area contributed by atoms with Crippen LogP contribution in [-0.4, -0.2) is 30.4 Å². The topological polar surface area (TPSA) is 125 Å². The van der Waals surface area contributed by atoms with E-state index in [0.717, 1.165) is 14.8 Å². The predicted octanol–water partition coefficient (Wildman–Crippen LogP) is 2.51. The highest BCUT2D eigenvalue weighted by molar-refractivity contribution is 6.33. The molecule has 2 heterocycles. The van der Waals surface area contributed by atoms with Gasteiger partial charge in [0.25, 0.3) is 5.56 Å². The number of aromatic nitrogens is 5. The van der Waals surface area contributed by atoms with Crippen molar-refractivity contribution in [2.45, 2.75) is 19.8 Å². The minimum Gasteiger partial charge on any atom is -0.339 e. The van der Waals surface area contributed by atoms with Crippen LogP contribution in [0.25, 0.3) is 17.2 Å². The van der Waals surface area contributed by atoms with Crippen molar-refractivity contribution in [3.05, 3.63) is 85.8 Å². The third-order valence-electron chi connectivity index (χ3n) is 4.82. The van der Waals surface area contributed by atoms with E-state index in [-0.39, 0.29) is 36.2 Å². The molecule has 0 bridgehead atoms. The Morgan fingerprint density at radius 3 is 2.64 bits per heavy atom. The Kier molecular flexibility index (Phi) is 6.18. The van der Waals surface area contributed by atoms with Gasteiger partial charge >= 0.3 is 5.69 Å². The lowest BCUT2D eigenvalue weighted by atomic mass is 10.2. The molecular weight excluding hydrogens is 448 g/mol. The number of rotatable bonds is 6. The Hall–Kier alpha value is -4.05. The number of para-hydroxylation sites is 1. The fraction of sp³-hybridized carbons (Fsp3) is 0.182. The molecule has 0 radical (unpaired) electrons. The van der Waals surface area contributed by atoms with Gasteiger partial charge in [-0.1, -0.05) is 41.0 Å². The lowest BCUT2D eigenvalue weighted by molar-refractivity contribution is -0.116. The SMILES string of the molecule is Cc1ccc(NC(=O)CCc2nc(-c3nn(-c4ccccc4)c(=O)n(C)c3=O)no2)c(Cl)c1. The maximum Gasteiger partial charge on any atom is 0.351 e. The summed E-state index contributed by atoms with van der Waals surface area (Å²) in [4.78, 5) is 41.5. The third-order valence-corrected chi connectivity index (χ3v) is 5.13. The quantitative estimate of drug-likeness (QED) is 0.462. The fourth-order valence-electron chi connectivity index (χ4n) is 3.06. The van der Waals surface area contributed by atoms with Crippen molar-refractivity contribution in [3.8, 4) is 17.2 Å². The first-order chi connectivity index (χ1) is 15.8. The molecule has 168 valence electrons. The minimum absolute atomic E-state index is 0.0563. The number of carbonyl (C=O) groups is 1. The number of nitrogens with one attached hydrogen (secondary N) is 1. The number of halogens is 1. The van der Waals surface area contributed by atoms with Crippen molar-refractivity contribution in [1.29, 1.82) is 0 Å². The van der Waals surface area contributed by atoms with E-state index >= 15 is 0 Å². The van der Waals surface area contributed by atoms with E-state index in [1.807, 2.05) is 13.0 Å². The van der Waals surface area contributed by atoms with Crippen LogP contribution < -0.4 is 16.6 Å². The molecule has 0 aliphatic heterocycles. The molecule has 0 aliphatic carbocycles. The van der Waals surface area contributed by atoms with Gasteiger partial charge in [0.05, 0.1) is 16.4 Å². The summed E-state index contributed by atoms with van der Waals surface area (Å²) in [6.07, 6.45) is 0.196. The van der Waals surface area contributed by atoms with Gasteiger partial charge in [-0.15, -0.1) is 0 Å². The van der Waals surface area contributed by atoms with Gasteiger partial charge in [0.2, 0.25) is 17.6 Å². The first kappa shape index (κ1) is 22.2. The average Bonchev–Trinajstić information content (AvgIpc) is 3.27. The van der Waals surface area contributed by atoms with E-state index in [0.29, 0.717) is 16.4 Å². The van der Waals surface area contributed by atoms with E-state index in [2.05, 4.69) is 20.6 Å². The summed E-state index contributed by atoms with van der Waals surface area (Å²) in [6, 6.07) is 14.0. The van der Waals surface area contributed by atoms with Gasteiger partial charge in [0.15, 0.2) is 5.69 Å². The van der Waals surface area contributed by atoms with Gasteiger partial charge in [-0.25, -0.2) is 4.79 Å². The maximum absolute atomic E-state index is 12.6. The lowest BCUT2D eigenvalue weighted by Gasteiger charge is -2.07. The Bertz CT molecular complexity index is 1440. The van der Waals surface area contributed by atoms with E-state index in [1.165, 1.54) is 7.05 Å². The summed E-state index contributed by atoms with van der Waals surface area (Å²) in [5, 5.41) is 11.1. The number of hydrogen-bond donors (Lipinski definition) is 1. The molecule has 10 nitrogen and oxygen atoms in total. The number of carbonyl (C=O) groups excluding carboxylic acids is 1. The molecule has 0 atom stereocenters. The molecule has 0 aliphatic rings. The van der Waals surface area contributed by atoms with E-state index in [9.17, 15) is 14.4 Å². The second-order valence-corrected chi connectivity index (χ2v) is 7.69. The molecule has 0 unspecified atom stereocenters. The highest BCUT2D eigenvalue weighted by Gasteiger charge is 2.19. The molecule has 4 aromatic rings. The van der Waals surface area contributed by atoms with Gasteiger partial charge in [-0.2, -0.15) is 14.8 Å². The molecule has 0 fully saturated rings. The van der Waals surface area contributed by atoms with Crippen molar-refractivity contribution in [3.63, 3.8) is 0 Å². The zero-order valence-electron chi connectivity index (χ0n) is 17.8. The van der Waals surface area contributed by atoms with Crippen LogP contribution in [0.5, 0.6) is 0 Å². The number of benzene rings is 2. The van der Waals surface area contributed by atoms with Crippen molar-refractivity contribution in [2.75, 3.05) is 5.32 Å². The first-order valence-corrected chi connectivity index (χ1v) is 10.4. The van der Waals surface area contributed by atoms with Crippen LogP contribution in [0.3, 0.4) is 0 Å². The number of hydrogen-bond acceptors (Lipinski definition) is 7. The molecule has 2 aromatic heterocycles. The number of nitrogens with zero attached hydrogens (tertiary/aromatic N) is 5. The normalized spacial score (nSPS) is 10.9. The van der Waals surface area contributed by atoms with Crippen molar-refractivity contribution >= 4 is 23.2 Å². The Balaban J connectivity index is 1.52. The van der Waals surface area contributed by atoms with Gasteiger partial charge in [0, 0.05) is 19.9 Å². The Labute approximate surface area is 192 Å². The molecule has 2 aromatic carbocycles. The second kappa shape index (κ2) is 9.21. The molecular formula is C22H19ClN6O4. The van der Waals surface area contributed by atoms with Crippen LogP contribution >= 0.6 is 11.6 Å². The zero-order chi connectivity index (χ0) is 23.5. The van der Waals surface area contributed by atoms with Crippen LogP contribution in [0.2, 0.25) is 5.02 Å². The molecule has 4 rings (SSSR count). The van der Waals surface area contributed by atoms with E-state index in [4.69, 9.17) is 16.1 Å². The monoisotopic (exact) mass is 466 g/mol. The molecule has 1 N–H and O–H groups in total.